The van der Waals surface area contributed by atoms with Gasteiger partial charge >= 0.3 is 0 Å². The summed E-state index contributed by atoms with van der Waals surface area (Å²) in [6.07, 6.45) is 0.930. The molecule has 33 heavy (non-hydrogen) atoms. The molecule has 1 atom stereocenters. The van der Waals surface area contributed by atoms with Gasteiger partial charge in [-0.25, -0.2) is 0 Å². The fourth-order valence-corrected chi connectivity index (χ4v) is 3.76. The molecule has 0 fully saturated rings. The number of hydrogen-bond acceptors (Lipinski definition) is 2. The van der Waals surface area contributed by atoms with Crippen molar-refractivity contribution in [3.05, 3.63) is 69.2 Å². The molecule has 0 aliphatic rings. The van der Waals surface area contributed by atoms with Gasteiger partial charge in [0.25, 0.3) is 0 Å². The number of rotatable bonds is 9. The fraction of sp³-hybridized carbons (Fsp3) is 0.481. The summed E-state index contributed by atoms with van der Waals surface area (Å²) in [5.41, 5.74) is 3.27. The van der Waals surface area contributed by atoms with Crippen molar-refractivity contribution >= 4 is 35.0 Å². The second-order valence-corrected chi connectivity index (χ2v) is 10.8. The lowest BCUT2D eigenvalue weighted by atomic mass is 9.86. The van der Waals surface area contributed by atoms with E-state index in [1.807, 2.05) is 19.9 Å². The number of benzene rings is 2. The molecule has 1 N–H and O–H groups in total. The van der Waals surface area contributed by atoms with E-state index >= 15 is 0 Å². The first-order valence-corrected chi connectivity index (χ1v) is 12.2. The summed E-state index contributed by atoms with van der Waals surface area (Å²) in [5, 5.41) is 3.82. The van der Waals surface area contributed by atoms with Crippen LogP contribution in [-0.4, -0.2) is 29.3 Å². The SMILES string of the molecule is CC(C)CNC(=O)[C@@H](C)N(Cc1ccc(Cl)c(Cl)c1)C(=O)CCc1ccc(C(C)(C)C)cc1. The maximum atomic E-state index is 13.3. The normalized spacial score (nSPS) is 12.5. The number of nitrogens with one attached hydrogen (secondary N) is 1. The molecule has 180 valence electrons. The van der Waals surface area contributed by atoms with E-state index in [4.69, 9.17) is 23.2 Å². The third kappa shape index (κ3) is 8.35. The summed E-state index contributed by atoms with van der Waals surface area (Å²) >= 11 is 12.2. The lowest BCUT2D eigenvalue weighted by Crippen LogP contribution is -2.48. The van der Waals surface area contributed by atoms with Gasteiger partial charge in [-0.05, 0) is 53.5 Å². The molecule has 0 bridgehead atoms. The molecule has 0 saturated carbocycles. The second-order valence-electron chi connectivity index (χ2n) is 10.0. The van der Waals surface area contributed by atoms with E-state index in [0.717, 1.165) is 11.1 Å². The molecular formula is C27H36Cl2N2O2. The summed E-state index contributed by atoms with van der Waals surface area (Å²) in [4.78, 5) is 27.7. The van der Waals surface area contributed by atoms with E-state index in [2.05, 4.69) is 50.4 Å². The van der Waals surface area contributed by atoms with Gasteiger partial charge in [-0.2, -0.15) is 0 Å². The summed E-state index contributed by atoms with van der Waals surface area (Å²) < 4.78 is 0. The Morgan fingerprint density at radius 1 is 0.939 bits per heavy atom. The number of carbonyl (C=O) groups is 2. The zero-order chi connectivity index (χ0) is 24.8. The fourth-order valence-electron chi connectivity index (χ4n) is 3.44. The number of hydrogen-bond donors (Lipinski definition) is 1. The van der Waals surface area contributed by atoms with Gasteiger partial charge in [0, 0.05) is 19.5 Å². The minimum absolute atomic E-state index is 0.0758. The van der Waals surface area contributed by atoms with Crippen molar-refractivity contribution in [1.82, 2.24) is 10.2 Å². The third-order valence-corrected chi connectivity index (χ3v) is 6.38. The first kappa shape index (κ1) is 27.2. The van der Waals surface area contributed by atoms with Crippen molar-refractivity contribution < 1.29 is 9.59 Å². The highest BCUT2D eigenvalue weighted by molar-refractivity contribution is 6.42. The van der Waals surface area contributed by atoms with E-state index in [1.165, 1.54) is 5.56 Å². The number of aryl methyl sites for hydroxylation is 1. The number of amides is 2. The Hall–Kier alpha value is -2.04. The molecule has 2 amide bonds. The van der Waals surface area contributed by atoms with Crippen molar-refractivity contribution in [2.75, 3.05) is 6.54 Å². The van der Waals surface area contributed by atoms with Crippen LogP contribution in [0.3, 0.4) is 0 Å². The molecule has 0 heterocycles. The van der Waals surface area contributed by atoms with Crippen molar-refractivity contribution in [3.63, 3.8) is 0 Å². The van der Waals surface area contributed by atoms with Crippen molar-refractivity contribution in [1.29, 1.82) is 0 Å². The molecule has 4 nitrogen and oxygen atoms in total. The van der Waals surface area contributed by atoms with Crippen molar-refractivity contribution in [3.8, 4) is 0 Å². The maximum Gasteiger partial charge on any atom is 0.242 e. The van der Waals surface area contributed by atoms with Gasteiger partial charge in [0.1, 0.15) is 6.04 Å². The quantitative estimate of drug-likeness (QED) is 0.441. The van der Waals surface area contributed by atoms with Crippen LogP contribution in [-0.2, 0) is 28.0 Å². The second kappa shape index (κ2) is 11.9. The summed E-state index contributed by atoms with van der Waals surface area (Å²) in [6.45, 7) is 13.2. The molecule has 2 aromatic carbocycles. The van der Waals surface area contributed by atoms with E-state index in [-0.39, 0.29) is 23.8 Å². The van der Waals surface area contributed by atoms with Crippen LogP contribution in [0.25, 0.3) is 0 Å². The summed E-state index contributed by atoms with van der Waals surface area (Å²) in [7, 11) is 0. The van der Waals surface area contributed by atoms with Crippen LogP contribution >= 0.6 is 23.2 Å². The van der Waals surface area contributed by atoms with E-state index < -0.39 is 6.04 Å². The molecule has 0 saturated heterocycles. The Morgan fingerprint density at radius 2 is 1.55 bits per heavy atom. The Kier molecular flexibility index (Phi) is 9.81. The van der Waals surface area contributed by atoms with Crippen LogP contribution in [0, 0.1) is 5.92 Å². The highest BCUT2D eigenvalue weighted by Crippen LogP contribution is 2.25. The molecule has 0 aliphatic carbocycles. The predicted molar refractivity (Wildman–Crippen MR) is 138 cm³/mol. The van der Waals surface area contributed by atoms with Gasteiger partial charge in [-0.1, -0.05) is 88.2 Å². The van der Waals surface area contributed by atoms with Gasteiger partial charge in [0.05, 0.1) is 10.0 Å². The minimum Gasteiger partial charge on any atom is -0.354 e. The van der Waals surface area contributed by atoms with Crippen molar-refractivity contribution in [2.24, 2.45) is 5.92 Å². The molecule has 0 aliphatic heterocycles. The summed E-state index contributed by atoms with van der Waals surface area (Å²) in [6, 6.07) is 13.1. The molecular weight excluding hydrogens is 455 g/mol. The average molecular weight is 492 g/mol. The first-order chi connectivity index (χ1) is 15.4. The topological polar surface area (TPSA) is 49.4 Å². The van der Waals surface area contributed by atoms with Crippen LogP contribution in [0.4, 0.5) is 0 Å². The van der Waals surface area contributed by atoms with Gasteiger partial charge in [-0.15, -0.1) is 0 Å². The van der Waals surface area contributed by atoms with Crippen LogP contribution in [0.1, 0.15) is 64.7 Å². The minimum atomic E-state index is -0.603. The van der Waals surface area contributed by atoms with Crippen LogP contribution in [0.15, 0.2) is 42.5 Å². The maximum absolute atomic E-state index is 13.3. The lowest BCUT2D eigenvalue weighted by Gasteiger charge is -2.29. The Labute approximate surface area is 208 Å². The molecule has 6 heteroatoms. The molecule has 0 aromatic heterocycles. The van der Waals surface area contributed by atoms with E-state index in [0.29, 0.717) is 35.3 Å². The monoisotopic (exact) mass is 490 g/mol. The van der Waals surface area contributed by atoms with Crippen molar-refractivity contribution in [2.45, 2.75) is 72.4 Å². The largest absolute Gasteiger partial charge is 0.354 e. The van der Waals surface area contributed by atoms with Gasteiger partial charge in [0.2, 0.25) is 11.8 Å². The average Bonchev–Trinajstić information content (AvgIpc) is 2.75. The number of carbonyl (C=O) groups excluding carboxylic acids is 2. The van der Waals surface area contributed by atoms with Gasteiger partial charge in [0.15, 0.2) is 0 Å². The highest BCUT2D eigenvalue weighted by Gasteiger charge is 2.26. The van der Waals surface area contributed by atoms with Crippen LogP contribution < -0.4 is 5.32 Å². The Bertz CT molecular complexity index is 950. The molecule has 0 unspecified atom stereocenters. The lowest BCUT2D eigenvalue weighted by molar-refractivity contribution is -0.140. The molecule has 0 spiro atoms. The zero-order valence-corrected chi connectivity index (χ0v) is 22.1. The standard InChI is InChI=1S/C27H36Cl2N2O2/c1-18(2)16-30-26(33)19(3)31(17-21-9-13-23(28)24(29)15-21)25(32)14-10-20-7-11-22(12-8-20)27(4,5)6/h7-9,11-13,15,18-19H,10,14,16-17H2,1-6H3,(H,30,33)/t19-/m1/s1. The van der Waals surface area contributed by atoms with E-state index in [1.54, 1.807) is 24.0 Å². The Morgan fingerprint density at radius 3 is 2.09 bits per heavy atom. The van der Waals surface area contributed by atoms with E-state index in [9.17, 15) is 9.59 Å². The van der Waals surface area contributed by atoms with Crippen LogP contribution in [0.2, 0.25) is 10.0 Å². The smallest absolute Gasteiger partial charge is 0.242 e. The summed E-state index contributed by atoms with van der Waals surface area (Å²) in [5.74, 6) is 0.0938. The Balaban J connectivity index is 2.15. The third-order valence-electron chi connectivity index (χ3n) is 5.64. The number of halogens is 2. The predicted octanol–water partition coefficient (Wildman–Crippen LogP) is 6.41. The first-order valence-electron chi connectivity index (χ1n) is 11.5. The number of nitrogens with zero attached hydrogens (tertiary/aromatic N) is 1. The van der Waals surface area contributed by atoms with Crippen LogP contribution in [0.5, 0.6) is 0 Å². The molecule has 2 aromatic rings. The molecule has 0 radical (unpaired) electrons. The van der Waals surface area contributed by atoms with Gasteiger partial charge < -0.3 is 10.2 Å². The zero-order valence-electron chi connectivity index (χ0n) is 20.5. The van der Waals surface area contributed by atoms with Gasteiger partial charge in [-0.3, -0.25) is 9.59 Å². The molecule has 2 rings (SSSR count). The highest BCUT2D eigenvalue weighted by atomic mass is 35.5.